The average molecular weight is 264 g/mol. The highest BCUT2D eigenvalue weighted by atomic mass is 16.5. The highest BCUT2D eigenvalue weighted by Gasteiger charge is 1.99. The van der Waals surface area contributed by atoms with Crippen molar-refractivity contribution in [1.82, 2.24) is 0 Å². The molecule has 0 aliphatic carbocycles. The Morgan fingerprint density at radius 1 is 0.950 bits per heavy atom. The van der Waals surface area contributed by atoms with Crippen LogP contribution in [0.3, 0.4) is 0 Å². The van der Waals surface area contributed by atoms with E-state index in [-0.39, 0.29) is 0 Å². The van der Waals surface area contributed by atoms with Gasteiger partial charge in [-0.3, -0.25) is 5.03 Å². The molecule has 20 heavy (non-hydrogen) atoms. The molecule has 2 aromatic rings. The van der Waals surface area contributed by atoms with E-state index in [4.69, 9.17) is 7.98 Å². The van der Waals surface area contributed by atoms with Crippen molar-refractivity contribution in [1.29, 1.82) is 0 Å². The van der Waals surface area contributed by atoms with Crippen molar-refractivity contribution in [2.24, 2.45) is 15.3 Å². The number of nitrogens with zero attached hydrogens (tertiary/aromatic N) is 4. The maximum Gasteiger partial charge on any atom is 0.293 e. The van der Waals surface area contributed by atoms with Gasteiger partial charge in [0.25, 0.3) is 7.98 Å². The lowest BCUT2D eigenvalue weighted by molar-refractivity contribution is -0.493. The quantitative estimate of drug-likeness (QED) is 0.359. The molecule has 0 unspecified atom stereocenters. The molecular weight excluding hydrogens is 251 g/mol. The lowest BCUT2D eigenvalue weighted by Crippen LogP contribution is -1.88. The van der Waals surface area contributed by atoms with E-state index in [1.165, 1.54) is 7.05 Å². The van der Waals surface area contributed by atoms with Crippen LogP contribution in [0.2, 0.25) is 0 Å². The van der Waals surface area contributed by atoms with Gasteiger partial charge >= 0.3 is 0 Å². The molecular formula is C14H13BN4O. The van der Waals surface area contributed by atoms with Crippen molar-refractivity contribution >= 4 is 19.4 Å². The first kappa shape index (κ1) is 13.9. The van der Waals surface area contributed by atoms with Crippen LogP contribution in [-0.4, -0.2) is 19.9 Å². The molecule has 0 aliphatic heterocycles. The van der Waals surface area contributed by atoms with Crippen LogP contribution in [0.4, 0.5) is 11.4 Å². The standard InChI is InChI=1S/C14H13BN4O/c1-19(20)17-14-8-4-12(5-9-14)10-11-2-6-13(7-3-11)16-18-15/h2-9H,10H2,1H3. The maximum absolute atomic E-state index is 10.8. The van der Waals surface area contributed by atoms with Crippen LogP contribution in [-0.2, 0) is 6.42 Å². The second-order valence-corrected chi connectivity index (χ2v) is 4.29. The Bertz CT molecular complexity index is 617. The van der Waals surface area contributed by atoms with Crippen molar-refractivity contribution in [2.75, 3.05) is 7.05 Å². The van der Waals surface area contributed by atoms with Crippen LogP contribution in [0.5, 0.6) is 0 Å². The molecule has 0 atom stereocenters. The van der Waals surface area contributed by atoms with Crippen LogP contribution in [0, 0.1) is 5.21 Å². The Kier molecular flexibility index (Phi) is 4.60. The first-order valence-corrected chi connectivity index (χ1v) is 6.09. The lowest BCUT2D eigenvalue weighted by Gasteiger charge is -2.02. The van der Waals surface area contributed by atoms with E-state index < -0.39 is 0 Å². The third-order valence-electron chi connectivity index (χ3n) is 2.71. The molecule has 0 amide bonds. The summed E-state index contributed by atoms with van der Waals surface area (Å²) in [7, 11) is 6.35. The third kappa shape index (κ3) is 4.01. The molecule has 0 N–H and O–H groups in total. The first-order valence-electron chi connectivity index (χ1n) is 6.09. The minimum Gasteiger partial charge on any atom is -0.600 e. The normalized spacial score (nSPS) is 11.9. The van der Waals surface area contributed by atoms with E-state index in [2.05, 4.69) is 15.3 Å². The largest absolute Gasteiger partial charge is 0.600 e. The summed E-state index contributed by atoms with van der Waals surface area (Å²) in [4.78, 5) is 0.541. The van der Waals surface area contributed by atoms with Crippen LogP contribution >= 0.6 is 0 Å². The predicted octanol–water partition coefficient (Wildman–Crippen LogP) is 3.67. The first-order chi connectivity index (χ1) is 9.67. The monoisotopic (exact) mass is 264 g/mol. The highest BCUT2D eigenvalue weighted by Crippen LogP contribution is 2.18. The molecule has 0 saturated heterocycles. The van der Waals surface area contributed by atoms with E-state index >= 15 is 0 Å². The molecule has 0 aromatic heterocycles. The van der Waals surface area contributed by atoms with E-state index in [0.29, 0.717) is 10.5 Å². The smallest absolute Gasteiger partial charge is 0.293 e. The zero-order valence-corrected chi connectivity index (χ0v) is 11.1. The summed E-state index contributed by atoms with van der Waals surface area (Å²) in [5.41, 5.74) is 3.67. The second kappa shape index (κ2) is 6.61. The van der Waals surface area contributed by atoms with Gasteiger partial charge in [0.05, 0.1) is 5.69 Å². The maximum atomic E-state index is 10.8. The van der Waals surface area contributed by atoms with Gasteiger partial charge < -0.3 is 5.21 Å². The Morgan fingerprint density at radius 3 is 1.90 bits per heavy atom. The third-order valence-corrected chi connectivity index (χ3v) is 2.71. The Hall–Kier alpha value is -2.50. The fraction of sp³-hybridized carbons (Fsp3) is 0.143. The van der Waals surface area contributed by atoms with Crippen LogP contribution < -0.4 is 0 Å². The molecule has 0 saturated carbocycles. The van der Waals surface area contributed by atoms with Crippen LogP contribution in [0.1, 0.15) is 11.1 Å². The zero-order chi connectivity index (χ0) is 14.4. The van der Waals surface area contributed by atoms with Gasteiger partial charge in [-0.15, -0.1) is 0 Å². The molecule has 0 spiro atoms. The number of hydrogen-bond acceptors (Lipinski definition) is 4. The minimum atomic E-state index is 0.541. The average Bonchev–Trinajstić information content (AvgIpc) is 2.43. The van der Waals surface area contributed by atoms with E-state index in [0.717, 1.165) is 23.2 Å². The molecule has 0 aliphatic rings. The summed E-state index contributed by atoms with van der Waals surface area (Å²) in [6, 6.07) is 15.2. The van der Waals surface area contributed by atoms with Gasteiger partial charge in [0.15, 0.2) is 7.05 Å². The summed E-state index contributed by atoms with van der Waals surface area (Å²) in [6.45, 7) is 0. The number of hydroxylamine groups is 1. The molecule has 0 fully saturated rings. The highest BCUT2D eigenvalue weighted by molar-refractivity contribution is 6.04. The van der Waals surface area contributed by atoms with Crippen molar-refractivity contribution < 1.29 is 4.86 Å². The molecule has 2 aromatic carbocycles. The van der Waals surface area contributed by atoms with E-state index in [1.54, 1.807) is 0 Å². The zero-order valence-electron chi connectivity index (χ0n) is 11.1. The van der Waals surface area contributed by atoms with Crippen molar-refractivity contribution in [3.8, 4) is 0 Å². The fourth-order valence-corrected chi connectivity index (χ4v) is 1.83. The van der Waals surface area contributed by atoms with Gasteiger partial charge in [-0.1, -0.05) is 29.1 Å². The van der Waals surface area contributed by atoms with Crippen molar-refractivity contribution in [3.63, 3.8) is 0 Å². The number of benzene rings is 2. The van der Waals surface area contributed by atoms with Gasteiger partial charge in [-0.25, -0.2) is 0 Å². The molecule has 2 rings (SSSR count). The van der Waals surface area contributed by atoms with Crippen LogP contribution in [0.25, 0.3) is 0 Å². The van der Waals surface area contributed by atoms with Gasteiger partial charge in [0, 0.05) is 5.11 Å². The summed E-state index contributed by atoms with van der Waals surface area (Å²) < 4.78 is 0. The van der Waals surface area contributed by atoms with Gasteiger partial charge in [-0.2, -0.15) is 5.11 Å². The molecule has 5 nitrogen and oxygen atoms in total. The van der Waals surface area contributed by atoms with E-state index in [1.807, 2.05) is 48.5 Å². The summed E-state index contributed by atoms with van der Waals surface area (Å²) in [5.74, 6) is 0. The van der Waals surface area contributed by atoms with Gasteiger partial charge in [-0.05, 0) is 41.8 Å². The number of hydrogen-bond donors (Lipinski definition) is 0. The molecule has 98 valence electrons. The van der Waals surface area contributed by atoms with Crippen LogP contribution in [0.15, 0.2) is 63.8 Å². The summed E-state index contributed by atoms with van der Waals surface area (Å²) in [6.07, 6.45) is 0.799. The molecule has 2 radical (unpaired) electrons. The number of azo groups is 1. The minimum absolute atomic E-state index is 0.541. The topological polar surface area (TPSA) is 63.1 Å². The summed E-state index contributed by atoms with van der Waals surface area (Å²) in [5, 5.41) is 21.6. The van der Waals surface area contributed by atoms with Crippen molar-refractivity contribution in [3.05, 3.63) is 64.9 Å². The molecule has 0 bridgehead atoms. The van der Waals surface area contributed by atoms with E-state index in [9.17, 15) is 5.21 Å². The Balaban J connectivity index is 2.08. The molecule has 6 heteroatoms. The Labute approximate surface area is 118 Å². The fourth-order valence-electron chi connectivity index (χ4n) is 1.83. The number of rotatable bonds is 4. The van der Waals surface area contributed by atoms with Gasteiger partial charge in [0.1, 0.15) is 5.69 Å². The lowest BCUT2D eigenvalue weighted by atomic mass is 10.0. The SMILES string of the molecule is [B]N=Nc1ccc(Cc2ccc(N=[N+](C)[O-])cc2)cc1. The summed E-state index contributed by atoms with van der Waals surface area (Å²) >= 11 is 0. The van der Waals surface area contributed by atoms with Crippen molar-refractivity contribution in [2.45, 2.75) is 6.42 Å². The Morgan fingerprint density at radius 2 is 1.45 bits per heavy atom. The van der Waals surface area contributed by atoms with Gasteiger partial charge in [0.2, 0.25) is 0 Å². The molecule has 0 heterocycles. The predicted molar refractivity (Wildman–Crippen MR) is 77.6 cm³/mol. The second-order valence-electron chi connectivity index (χ2n) is 4.29.